The average molecular weight is 448 g/mol. The van der Waals surface area contributed by atoms with Crippen molar-refractivity contribution < 1.29 is 4.79 Å². The summed E-state index contributed by atoms with van der Waals surface area (Å²) in [5, 5.41) is 0.691. The lowest BCUT2D eigenvalue weighted by molar-refractivity contribution is 0.100. The van der Waals surface area contributed by atoms with Gasteiger partial charge < -0.3 is 4.57 Å². The third-order valence-electron chi connectivity index (χ3n) is 3.14. The first-order chi connectivity index (χ1) is 11.1. The fourth-order valence-electron chi connectivity index (χ4n) is 2.10. The van der Waals surface area contributed by atoms with E-state index in [9.17, 15) is 4.79 Å². The van der Waals surface area contributed by atoms with Crippen molar-refractivity contribution in [2.45, 2.75) is 6.54 Å². The largest absolute Gasteiger partial charge is 0.316 e. The predicted molar refractivity (Wildman–Crippen MR) is 105 cm³/mol. The molecule has 0 fully saturated rings. The van der Waals surface area contributed by atoms with Crippen molar-refractivity contribution in [1.29, 1.82) is 0 Å². The second kappa shape index (κ2) is 7.53. The second-order valence-corrected chi connectivity index (χ2v) is 9.56. The number of hydrogen-bond donors (Lipinski definition) is 0. The van der Waals surface area contributed by atoms with Crippen LogP contribution in [0.2, 0.25) is 5.02 Å². The predicted octanol–water partition coefficient (Wildman–Crippen LogP) is 5.28. The van der Waals surface area contributed by atoms with Crippen LogP contribution in [0, 0.1) is 0 Å². The zero-order chi connectivity index (χ0) is 16.4. The highest BCUT2D eigenvalue weighted by molar-refractivity contribution is 9.11. The van der Waals surface area contributed by atoms with Crippen LogP contribution in [-0.4, -0.2) is 22.5 Å². The highest BCUT2D eigenvalue weighted by Gasteiger charge is 2.11. The minimum Gasteiger partial charge on any atom is -0.316 e. The summed E-state index contributed by atoms with van der Waals surface area (Å²) in [6, 6.07) is 9.42. The van der Waals surface area contributed by atoms with Crippen LogP contribution in [0.4, 0.5) is 0 Å². The lowest BCUT2D eigenvalue weighted by atomic mass is 10.3. The van der Waals surface area contributed by atoms with Gasteiger partial charge in [0.25, 0.3) is 5.91 Å². The molecule has 2 heterocycles. The monoisotopic (exact) mass is 446 g/mol. The Bertz CT molecular complexity index is 928. The summed E-state index contributed by atoms with van der Waals surface area (Å²) < 4.78 is 4.06. The summed E-state index contributed by atoms with van der Waals surface area (Å²) in [6.07, 6.45) is 2.07. The summed E-state index contributed by atoms with van der Waals surface area (Å²) >= 11 is 14.1. The average Bonchev–Trinajstić information content (AvgIpc) is 3.08. The molecule has 0 N–H and O–H groups in total. The summed E-state index contributed by atoms with van der Waals surface area (Å²) in [5.41, 5.74) is 1.06. The van der Waals surface area contributed by atoms with Gasteiger partial charge in [-0.25, -0.2) is 0 Å². The standard InChI is InChI=1S/C15H12BrClN2OS3/c1-21-7-6-19-10-3-2-9(17)8-12(10)23-15(19)18-14(20)11-4-5-13(16)22-11/h2-5,8H,6-7H2,1H3. The quantitative estimate of drug-likeness (QED) is 0.545. The molecule has 0 saturated carbocycles. The minimum absolute atomic E-state index is 0.212. The van der Waals surface area contributed by atoms with Crippen molar-refractivity contribution in [2.75, 3.05) is 12.0 Å². The SMILES string of the molecule is CSCCn1c(=NC(=O)c2ccc(Br)s2)sc2cc(Cl)ccc21. The van der Waals surface area contributed by atoms with Crippen LogP contribution >= 0.6 is 62.0 Å². The van der Waals surface area contributed by atoms with Crippen LogP contribution in [0.5, 0.6) is 0 Å². The third-order valence-corrected chi connectivity index (χ3v) is 6.62. The van der Waals surface area contributed by atoms with Crippen LogP contribution in [0.15, 0.2) is 39.1 Å². The van der Waals surface area contributed by atoms with Crippen molar-refractivity contribution in [3.8, 4) is 0 Å². The Morgan fingerprint density at radius 3 is 2.87 bits per heavy atom. The summed E-state index contributed by atoms with van der Waals surface area (Å²) in [4.78, 5) is 18.1. The van der Waals surface area contributed by atoms with E-state index < -0.39 is 0 Å². The molecule has 2 aromatic heterocycles. The van der Waals surface area contributed by atoms with E-state index in [4.69, 9.17) is 11.6 Å². The van der Waals surface area contributed by atoms with E-state index in [2.05, 4.69) is 31.7 Å². The van der Waals surface area contributed by atoms with Gasteiger partial charge in [-0.3, -0.25) is 4.79 Å². The Morgan fingerprint density at radius 2 is 2.17 bits per heavy atom. The molecule has 8 heteroatoms. The fourth-order valence-corrected chi connectivity index (χ4v) is 5.07. The van der Waals surface area contributed by atoms with Gasteiger partial charge in [0.05, 0.1) is 18.9 Å². The van der Waals surface area contributed by atoms with E-state index in [0.717, 1.165) is 26.3 Å². The first kappa shape index (κ1) is 17.2. The van der Waals surface area contributed by atoms with Gasteiger partial charge in [-0.15, -0.1) is 11.3 Å². The lowest BCUT2D eigenvalue weighted by Gasteiger charge is -2.03. The maximum atomic E-state index is 12.4. The number of aromatic nitrogens is 1. The van der Waals surface area contributed by atoms with E-state index in [-0.39, 0.29) is 5.91 Å². The van der Waals surface area contributed by atoms with Gasteiger partial charge in [-0.2, -0.15) is 16.8 Å². The fraction of sp³-hybridized carbons (Fsp3) is 0.200. The maximum absolute atomic E-state index is 12.4. The van der Waals surface area contributed by atoms with Gasteiger partial charge in [0.2, 0.25) is 0 Å². The first-order valence-electron chi connectivity index (χ1n) is 6.70. The number of thiophene rings is 1. The Labute approximate surface area is 159 Å². The smallest absolute Gasteiger partial charge is 0.289 e. The Hall–Kier alpha value is -0.600. The highest BCUT2D eigenvalue weighted by Crippen LogP contribution is 2.24. The molecule has 1 aromatic carbocycles. The first-order valence-corrected chi connectivity index (χ1v) is 10.9. The van der Waals surface area contributed by atoms with Crippen LogP contribution in [0.25, 0.3) is 10.2 Å². The topological polar surface area (TPSA) is 34.4 Å². The van der Waals surface area contributed by atoms with E-state index in [1.165, 1.54) is 22.7 Å². The molecule has 0 aliphatic rings. The second-order valence-electron chi connectivity index (χ2n) is 4.66. The number of rotatable bonds is 4. The number of aryl methyl sites for hydroxylation is 1. The number of hydrogen-bond acceptors (Lipinski definition) is 4. The molecule has 120 valence electrons. The molecular formula is C15H12BrClN2OS3. The van der Waals surface area contributed by atoms with Gasteiger partial charge in [0.15, 0.2) is 4.80 Å². The Balaban J connectivity index is 2.11. The highest BCUT2D eigenvalue weighted by atomic mass is 79.9. The maximum Gasteiger partial charge on any atom is 0.289 e. The number of amides is 1. The van der Waals surface area contributed by atoms with Gasteiger partial charge in [0, 0.05) is 17.3 Å². The Morgan fingerprint density at radius 1 is 1.35 bits per heavy atom. The van der Waals surface area contributed by atoms with Crippen LogP contribution in [0.3, 0.4) is 0 Å². The number of thioether (sulfide) groups is 1. The van der Waals surface area contributed by atoms with Crippen LogP contribution in [0.1, 0.15) is 9.67 Å². The summed E-state index contributed by atoms with van der Waals surface area (Å²) in [6.45, 7) is 0.809. The van der Waals surface area contributed by atoms with E-state index >= 15 is 0 Å². The van der Waals surface area contributed by atoms with Gasteiger partial charge in [0.1, 0.15) is 0 Å². The van der Waals surface area contributed by atoms with Gasteiger partial charge in [-0.1, -0.05) is 22.9 Å². The van der Waals surface area contributed by atoms with Crippen molar-refractivity contribution in [3.05, 3.63) is 48.8 Å². The summed E-state index contributed by atoms with van der Waals surface area (Å²) in [5.74, 6) is 0.747. The minimum atomic E-state index is -0.212. The number of benzene rings is 1. The van der Waals surface area contributed by atoms with Crippen LogP contribution < -0.4 is 4.80 Å². The number of thiazole rings is 1. The molecular weight excluding hydrogens is 436 g/mol. The van der Waals surface area contributed by atoms with Crippen molar-refractivity contribution in [2.24, 2.45) is 4.99 Å². The zero-order valence-electron chi connectivity index (χ0n) is 12.1. The lowest BCUT2D eigenvalue weighted by Crippen LogP contribution is -2.18. The molecule has 3 nitrogen and oxygen atoms in total. The van der Waals surface area contributed by atoms with E-state index in [1.807, 2.05) is 24.3 Å². The van der Waals surface area contributed by atoms with Crippen molar-refractivity contribution in [3.63, 3.8) is 0 Å². The molecule has 1 amide bonds. The van der Waals surface area contributed by atoms with Crippen molar-refractivity contribution in [1.82, 2.24) is 4.57 Å². The molecule has 3 rings (SSSR count). The van der Waals surface area contributed by atoms with Crippen LogP contribution in [-0.2, 0) is 6.54 Å². The van der Waals surface area contributed by atoms with E-state index in [0.29, 0.717) is 14.7 Å². The number of halogens is 2. The molecule has 23 heavy (non-hydrogen) atoms. The number of nitrogens with zero attached hydrogens (tertiary/aromatic N) is 2. The normalized spacial score (nSPS) is 12.2. The number of fused-ring (bicyclic) bond motifs is 1. The summed E-state index contributed by atoms with van der Waals surface area (Å²) in [7, 11) is 0. The number of carbonyl (C=O) groups is 1. The molecule has 0 saturated heterocycles. The molecule has 0 spiro atoms. The van der Waals surface area contributed by atoms with E-state index in [1.54, 1.807) is 17.8 Å². The molecule has 0 bridgehead atoms. The zero-order valence-corrected chi connectivity index (χ0v) is 16.9. The Kier molecular flexibility index (Phi) is 5.64. The van der Waals surface area contributed by atoms with Crippen molar-refractivity contribution >= 4 is 78.1 Å². The molecule has 3 aromatic rings. The van der Waals surface area contributed by atoms with Gasteiger partial charge >= 0.3 is 0 Å². The molecule has 0 atom stereocenters. The molecule has 0 unspecified atom stereocenters. The molecule has 0 aliphatic carbocycles. The third kappa shape index (κ3) is 3.91. The molecule has 0 aliphatic heterocycles. The van der Waals surface area contributed by atoms with Gasteiger partial charge in [-0.05, 0) is 52.5 Å². The molecule has 0 radical (unpaired) electrons. The number of carbonyl (C=O) groups excluding carboxylic acids is 1.